The molecule has 3 aromatic carbocycles. The van der Waals surface area contributed by atoms with Crippen LogP contribution >= 0.6 is 0 Å². The van der Waals surface area contributed by atoms with E-state index in [4.69, 9.17) is 0 Å². The first kappa shape index (κ1) is 23.4. The number of rotatable bonds is 6. The molecule has 0 N–H and O–H groups in total. The third-order valence-electron chi connectivity index (χ3n) is 4.41. The predicted molar refractivity (Wildman–Crippen MR) is 98.8 cm³/mol. The highest BCUT2D eigenvalue weighted by atomic mass is 19.4. The summed E-state index contributed by atoms with van der Waals surface area (Å²) in [6.45, 7) is 1.74. The van der Waals surface area contributed by atoms with E-state index in [1.165, 1.54) is 6.07 Å². The van der Waals surface area contributed by atoms with Crippen LogP contribution in [0.5, 0.6) is 11.5 Å². The molecule has 0 fully saturated rings. The maximum absolute atomic E-state index is 14.4. The molecular weight excluding hydrogens is 448 g/mol. The van der Waals surface area contributed by atoms with Crippen molar-refractivity contribution in [3.05, 3.63) is 83.2 Å². The molecule has 0 atom stereocenters. The lowest BCUT2D eigenvalue weighted by molar-refractivity contribution is -0.276. The smallest absolute Gasteiger partial charge is 0.429 e. The van der Waals surface area contributed by atoms with Gasteiger partial charge in [0.25, 0.3) is 0 Å². The Kier molecular flexibility index (Phi) is 6.34. The summed E-state index contributed by atoms with van der Waals surface area (Å²) in [4.78, 5) is 0. The number of aryl methyl sites for hydroxylation is 1. The second-order valence-electron chi connectivity index (χ2n) is 6.63. The van der Waals surface area contributed by atoms with Crippen LogP contribution in [0.25, 0.3) is 11.1 Å². The standard InChI is InChI=1S/C22H14F8O2/c1-2-12-3-8-16(17(23)9-12)21(26,27)31-15-6-4-13(5-7-15)14-10-18(24)20(19(25)11-14)32-22(28,29)30/h3-11H,2H2,1H3. The number of ether oxygens (including phenoxy) is 2. The largest absolute Gasteiger partial charge is 0.573 e. The third kappa shape index (κ3) is 5.30. The Morgan fingerprint density at radius 2 is 1.28 bits per heavy atom. The molecule has 0 saturated heterocycles. The van der Waals surface area contributed by atoms with Gasteiger partial charge in [0.1, 0.15) is 11.6 Å². The first-order valence-electron chi connectivity index (χ1n) is 9.10. The van der Waals surface area contributed by atoms with Gasteiger partial charge in [-0.05, 0) is 59.5 Å². The summed E-state index contributed by atoms with van der Waals surface area (Å²) in [6, 6.07) is 8.81. The van der Waals surface area contributed by atoms with Gasteiger partial charge in [-0.2, -0.15) is 8.78 Å². The van der Waals surface area contributed by atoms with Gasteiger partial charge in [-0.15, -0.1) is 13.2 Å². The highest BCUT2D eigenvalue weighted by Gasteiger charge is 2.38. The van der Waals surface area contributed by atoms with Crippen LogP contribution in [-0.2, 0) is 12.5 Å². The molecule has 32 heavy (non-hydrogen) atoms. The van der Waals surface area contributed by atoms with Crippen molar-refractivity contribution in [2.75, 3.05) is 0 Å². The van der Waals surface area contributed by atoms with Gasteiger partial charge in [0, 0.05) is 0 Å². The van der Waals surface area contributed by atoms with Crippen LogP contribution in [0.15, 0.2) is 54.6 Å². The average molecular weight is 462 g/mol. The van der Waals surface area contributed by atoms with Gasteiger partial charge in [0.05, 0.1) is 5.56 Å². The van der Waals surface area contributed by atoms with Crippen LogP contribution in [-0.4, -0.2) is 6.36 Å². The maximum Gasteiger partial charge on any atom is 0.573 e. The van der Waals surface area contributed by atoms with E-state index in [0.717, 1.165) is 36.4 Å². The van der Waals surface area contributed by atoms with Crippen molar-refractivity contribution >= 4 is 0 Å². The van der Waals surface area contributed by atoms with Gasteiger partial charge in [-0.25, -0.2) is 13.2 Å². The number of alkyl halides is 5. The van der Waals surface area contributed by atoms with Gasteiger partial charge < -0.3 is 9.47 Å². The van der Waals surface area contributed by atoms with E-state index in [1.54, 1.807) is 6.92 Å². The summed E-state index contributed by atoms with van der Waals surface area (Å²) in [5.74, 6) is -6.34. The zero-order valence-corrected chi connectivity index (χ0v) is 16.2. The van der Waals surface area contributed by atoms with Crippen molar-refractivity contribution in [2.45, 2.75) is 25.8 Å². The average Bonchev–Trinajstić information content (AvgIpc) is 2.69. The molecule has 0 spiro atoms. The van der Waals surface area contributed by atoms with E-state index in [9.17, 15) is 35.1 Å². The number of halogens is 8. The zero-order valence-electron chi connectivity index (χ0n) is 16.2. The maximum atomic E-state index is 14.4. The van der Waals surface area contributed by atoms with Crippen LogP contribution in [0, 0.1) is 17.5 Å². The van der Waals surface area contributed by atoms with E-state index in [2.05, 4.69) is 9.47 Å². The highest BCUT2D eigenvalue weighted by molar-refractivity contribution is 5.65. The van der Waals surface area contributed by atoms with Crippen LogP contribution in [0.1, 0.15) is 18.1 Å². The summed E-state index contributed by atoms with van der Waals surface area (Å²) < 4.78 is 115. The Balaban J connectivity index is 1.82. The fourth-order valence-corrected chi connectivity index (χ4v) is 2.87. The van der Waals surface area contributed by atoms with E-state index < -0.39 is 41.2 Å². The van der Waals surface area contributed by atoms with Crippen LogP contribution < -0.4 is 9.47 Å². The van der Waals surface area contributed by atoms with Gasteiger partial charge >= 0.3 is 12.5 Å². The Hall–Kier alpha value is -3.30. The molecular formula is C22H14F8O2. The SMILES string of the molecule is CCc1ccc(C(F)(F)Oc2ccc(-c3cc(F)c(OC(F)(F)F)c(F)c3)cc2)c(F)c1. The summed E-state index contributed by atoms with van der Waals surface area (Å²) in [6.07, 6.45) is -8.84. The van der Waals surface area contributed by atoms with Gasteiger partial charge in [0.15, 0.2) is 11.6 Å². The summed E-state index contributed by atoms with van der Waals surface area (Å²) in [5, 5.41) is 0. The minimum atomic E-state index is -5.29. The van der Waals surface area contributed by atoms with E-state index in [1.807, 2.05) is 0 Å². The monoisotopic (exact) mass is 462 g/mol. The minimum Gasteiger partial charge on any atom is -0.429 e. The van der Waals surface area contributed by atoms with E-state index in [0.29, 0.717) is 24.1 Å². The van der Waals surface area contributed by atoms with Crippen LogP contribution in [0.4, 0.5) is 35.1 Å². The number of hydrogen-bond acceptors (Lipinski definition) is 2. The predicted octanol–water partition coefficient (Wildman–Crippen LogP) is 7.36. The zero-order chi connectivity index (χ0) is 23.7. The van der Waals surface area contributed by atoms with Crippen molar-refractivity contribution in [1.29, 1.82) is 0 Å². The number of hydrogen-bond donors (Lipinski definition) is 0. The quantitative estimate of drug-likeness (QED) is 0.357. The summed E-state index contributed by atoms with van der Waals surface area (Å²) in [7, 11) is 0. The lowest BCUT2D eigenvalue weighted by Crippen LogP contribution is -2.23. The Labute approximate surface area is 177 Å². The van der Waals surface area contributed by atoms with E-state index in [-0.39, 0.29) is 16.9 Å². The Morgan fingerprint density at radius 3 is 1.78 bits per heavy atom. The van der Waals surface area contributed by atoms with Crippen LogP contribution in [0.2, 0.25) is 0 Å². The molecule has 0 radical (unpaired) electrons. The topological polar surface area (TPSA) is 18.5 Å². The molecule has 0 aromatic heterocycles. The van der Waals surface area contributed by atoms with E-state index >= 15 is 0 Å². The summed E-state index contributed by atoms with van der Waals surface area (Å²) >= 11 is 0. The first-order chi connectivity index (χ1) is 14.9. The van der Waals surface area contributed by atoms with Crippen molar-refractivity contribution in [3.8, 4) is 22.6 Å². The molecule has 10 heteroatoms. The van der Waals surface area contributed by atoms with Crippen molar-refractivity contribution in [1.82, 2.24) is 0 Å². The summed E-state index contributed by atoms with van der Waals surface area (Å²) in [5.41, 5.74) is -0.523. The van der Waals surface area contributed by atoms with Crippen molar-refractivity contribution in [3.63, 3.8) is 0 Å². The molecule has 0 aliphatic heterocycles. The second-order valence-corrected chi connectivity index (χ2v) is 6.63. The van der Waals surface area contributed by atoms with Gasteiger partial charge in [-0.3, -0.25) is 0 Å². The Bertz CT molecular complexity index is 1080. The lowest BCUT2D eigenvalue weighted by atomic mass is 10.0. The molecule has 170 valence electrons. The molecule has 3 rings (SSSR count). The molecule has 0 aliphatic carbocycles. The first-order valence-corrected chi connectivity index (χ1v) is 9.10. The van der Waals surface area contributed by atoms with Crippen molar-refractivity contribution < 1.29 is 44.6 Å². The molecule has 0 unspecified atom stereocenters. The molecule has 0 aliphatic rings. The highest BCUT2D eigenvalue weighted by Crippen LogP contribution is 2.36. The molecule has 0 saturated carbocycles. The molecule has 0 amide bonds. The second kappa shape index (κ2) is 8.68. The van der Waals surface area contributed by atoms with Crippen LogP contribution in [0.3, 0.4) is 0 Å². The van der Waals surface area contributed by atoms with Crippen molar-refractivity contribution in [2.24, 2.45) is 0 Å². The molecule has 0 bridgehead atoms. The third-order valence-corrected chi connectivity index (χ3v) is 4.41. The Morgan fingerprint density at radius 1 is 0.688 bits per heavy atom. The molecule has 0 heterocycles. The fourth-order valence-electron chi connectivity index (χ4n) is 2.87. The minimum absolute atomic E-state index is 0.0931. The fraction of sp³-hybridized carbons (Fsp3) is 0.182. The van der Waals surface area contributed by atoms with Gasteiger partial charge in [0.2, 0.25) is 5.75 Å². The molecule has 2 nitrogen and oxygen atoms in total. The lowest BCUT2D eigenvalue weighted by Gasteiger charge is -2.19. The van der Waals surface area contributed by atoms with Gasteiger partial charge in [-0.1, -0.05) is 25.1 Å². The molecule has 3 aromatic rings. The normalized spacial score (nSPS) is 12.0. The number of benzene rings is 3.